The van der Waals surface area contributed by atoms with Crippen LogP contribution in [0, 0.1) is 0 Å². The van der Waals surface area contributed by atoms with Crippen LogP contribution in [0.2, 0.25) is 0 Å². The first-order valence-corrected chi connectivity index (χ1v) is 11.3. The molecule has 0 amide bonds. The Balaban J connectivity index is 1.81. The lowest BCUT2D eigenvalue weighted by Crippen LogP contribution is -2.32. The first kappa shape index (κ1) is 20.4. The predicted molar refractivity (Wildman–Crippen MR) is 119 cm³/mol. The second kappa shape index (κ2) is 8.13. The molecule has 0 saturated carbocycles. The Morgan fingerprint density at radius 1 is 1.28 bits per heavy atom. The van der Waals surface area contributed by atoms with Gasteiger partial charge in [-0.1, -0.05) is 13.8 Å². The number of rotatable bonds is 7. The number of fused-ring (bicyclic) bond motifs is 5. The number of thiophene rings is 1. The van der Waals surface area contributed by atoms with Gasteiger partial charge in [0, 0.05) is 37.1 Å². The van der Waals surface area contributed by atoms with E-state index in [-0.39, 0.29) is 5.60 Å². The molecule has 6 nitrogen and oxygen atoms in total. The second-order valence-electron chi connectivity index (χ2n) is 8.49. The van der Waals surface area contributed by atoms with Crippen LogP contribution in [0.4, 0.5) is 5.82 Å². The van der Waals surface area contributed by atoms with Gasteiger partial charge < -0.3 is 14.8 Å². The van der Waals surface area contributed by atoms with Crippen molar-refractivity contribution in [1.29, 1.82) is 0 Å². The Kier molecular flexibility index (Phi) is 5.73. The minimum atomic E-state index is -0.183. The molecule has 0 unspecified atom stereocenters. The lowest BCUT2D eigenvalue weighted by molar-refractivity contribution is -0.0402. The summed E-state index contributed by atoms with van der Waals surface area (Å²) in [7, 11) is 0. The van der Waals surface area contributed by atoms with Crippen LogP contribution < -0.4 is 5.32 Å². The maximum Gasteiger partial charge on any atom is 0.147 e. The molecule has 29 heavy (non-hydrogen) atoms. The number of hydrogen-bond acceptors (Lipinski definition) is 7. The van der Waals surface area contributed by atoms with E-state index in [1.54, 1.807) is 17.7 Å². The van der Waals surface area contributed by atoms with E-state index < -0.39 is 0 Å². The van der Waals surface area contributed by atoms with Gasteiger partial charge in [-0.3, -0.25) is 0 Å². The van der Waals surface area contributed by atoms with Crippen LogP contribution in [0.3, 0.4) is 0 Å². The van der Waals surface area contributed by atoms with E-state index in [9.17, 15) is 0 Å². The second-order valence-corrected chi connectivity index (χ2v) is 9.49. The molecule has 0 aromatic carbocycles. The Morgan fingerprint density at radius 2 is 2.10 bits per heavy atom. The van der Waals surface area contributed by atoms with Gasteiger partial charge in [0.05, 0.1) is 28.1 Å². The molecule has 7 heteroatoms. The molecule has 0 aliphatic carbocycles. The molecule has 1 aliphatic rings. The van der Waals surface area contributed by atoms with Crippen LogP contribution in [0.5, 0.6) is 0 Å². The van der Waals surface area contributed by atoms with Gasteiger partial charge in [-0.2, -0.15) is 0 Å². The molecule has 156 valence electrons. The van der Waals surface area contributed by atoms with Gasteiger partial charge in [-0.25, -0.2) is 15.0 Å². The zero-order valence-corrected chi connectivity index (χ0v) is 18.8. The minimum Gasteiger partial charge on any atom is -0.382 e. The molecule has 0 atom stereocenters. The number of nitrogens with one attached hydrogen (secondary N) is 1. The summed E-state index contributed by atoms with van der Waals surface area (Å²) in [6.07, 6.45) is 3.47. The lowest BCUT2D eigenvalue weighted by atomic mass is 9.87. The topological polar surface area (TPSA) is 69.2 Å². The lowest BCUT2D eigenvalue weighted by Gasteiger charge is -2.33. The van der Waals surface area contributed by atoms with Gasteiger partial charge in [-0.15, -0.1) is 11.3 Å². The molecule has 4 heterocycles. The Hall–Kier alpha value is -1.83. The quantitative estimate of drug-likeness (QED) is 0.546. The number of aromatic nitrogens is 3. The maximum absolute atomic E-state index is 6.14. The first-order valence-electron chi connectivity index (χ1n) is 10.5. The summed E-state index contributed by atoms with van der Waals surface area (Å²) in [6, 6.07) is 0. The molecule has 4 rings (SSSR count). The van der Waals surface area contributed by atoms with Crippen molar-refractivity contribution >= 4 is 37.6 Å². The fraction of sp³-hybridized carbons (Fsp3) is 0.591. The molecule has 1 aliphatic heterocycles. The minimum absolute atomic E-state index is 0.183. The predicted octanol–water partition coefficient (Wildman–Crippen LogP) is 5.05. The van der Waals surface area contributed by atoms with E-state index in [2.05, 4.69) is 43.0 Å². The largest absolute Gasteiger partial charge is 0.382 e. The summed E-state index contributed by atoms with van der Waals surface area (Å²) in [5.74, 6) is 1.24. The Bertz CT molecular complexity index is 1030. The van der Waals surface area contributed by atoms with Crippen LogP contribution >= 0.6 is 11.3 Å². The first-order chi connectivity index (χ1) is 13.9. The summed E-state index contributed by atoms with van der Waals surface area (Å²) in [5.41, 5.74) is 4.56. The van der Waals surface area contributed by atoms with Gasteiger partial charge in [0.1, 0.15) is 17.0 Å². The van der Waals surface area contributed by atoms with Crippen molar-refractivity contribution in [3.63, 3.8) is 0 Å². The molecule has 1 N–H and O–H groups in total. The SMILES string of the molecule is CCOCCCNc1ncnc2c1sc1nc(C(C)C)c3c(c12)CC(C)(C)OC3. The van der Waals surface area contributed by atoms with Gasteiger partial charge in [0.2, 0.25) is 0 Å². The molecule has 3 aromatic heterocycles. The normalized spacial score (nSPS) is 15.9. The van der Waals surface area contributed by atoms with Crippen LogP contribution in [-0.2, 0) is 22.5 Å². The molecule has 0 bridgehead atoms. The van der Waals surface area contributed by atoms with Crippen LogP contribution in [0.1, 0.15) is 63.8 Å². The van der Waals surface area contributed by atoms with Crippen molar-refractivity contribution < 1.29 is 9.47 Å². The third-order valence-corrected chi connectivity index (χ3v) is 6.45. The summed E-state index contributed by atoms with van der Waals surface area (Å²) in [5, 5.41) is 4.65. The van der Waals surface area contributed by atoms with E-state index in [1.165, 1.54) is 16.5 Å². The number of pyridine rings is 1. The highest BCUT2D eigenvalue weighted by Crippen LogP contribution is 2.43. The van der Waals surface area contributed by atoms with E-state index in [0.29, 0.717) is 12.5 Å². The molecule has 0 spiro atoms. The number of anilines is 1. The van der Waals surface area contributed by atoms with E-state index in [1.807, 2.05) is 6.92 Å². The average molecular weight is 415 g/mol. The van der Waals surface area contributed by atoms with E-state index in [0.717, 1.165) is 59.2 Å². The van der Waals surface area contributed by atoms with Crippen molar-refractivity contribution in [2.45, 2.75) is 65.6 Å². The third kappa shape index (κ3) is 3.96. The van der Waals surface area contributed by atoms with Crippen LogP contribution in [0.15, 0.2) is 6.33 Å². The standard InChI is InChI=1S/C22H30N4O2S/c1-6-27-9-7-8-23-20-19-18(24-12-25-20)16-14-10-22(4,5)28-11-15(14)17(13(2)3)26-21(16)29-19/h12-13H,6-11H2,1-5H3,(H,23,24,25). The van der Waals surface area contributed by atoms with Crippen LogP contribution in [0.25, 0.3) is 20.4 Å². The molecule has 0 fully saturated rings. The molecular formula is C22H30N4O2S. The van der Waals surface area contributed by atoms with Gasteiger partial charge in [0.15, 0.2) is 0 Å². The van der Waals surface area contributed by atoms with Crippen molar-refractivity contribution in [1.82, 2.24) is 15.0 Å². The Labute approximate surface area is 176 Å². The van der Waals surface area contributed by atoms with Crippen molar-refractivity contribution in [2.24, 2.45) is 0 Å². The third-order valence-electron chi connectivity index (χ3n) is 5.37. The highest BCUT2D eigenvalue weighted by Gasteiger charge is 2.32. The molecular weight excluding hydrogens is 384 g/mol. The monoisotopic (exact) mass is 414 g/mol. The number of nitrogens with zero attached hydrogens (tertiary/aromatic N) is 3. The summed E-state index contributed by atoms with van der Waals surface area (Å²) in [4.78, 5) is 15.3. The fourth-order valence-corrected chi connectivity index (χ4v) is 5.09. The fourth-order valence-electron chi connectivity index (χ4n) is 3.96. The van der Waals surface area contributed by atoms with Gasteiger partial charge in [-0.05, 0) is 38.7 Å². The number of hydrogen-bond donors (Lipinski definition) is 1. The van der Waals surface area contributed by atoms with E-state index >= 15 is 0 Å². The molecule has 0 saturated heterocycles. The van der Waals surface area contributed by atoms with Crippen molar-refractivity contribution in [3.05, 3.63) is 23.1 Å². The summed E-state index contributed by atoms with van der Waals surface area (Å²) >= 11 is 1.69. The van der Waals surface area contributed by atoms with E-state index in [4.69, 9.17) is 14.5 Å². The molecule has 3 aromatic rings. The Morgan fingerprint density at radius 3 is 2.86 bits per heavy atom. The number of ether oxygens (including phenoxy) is 2. The average Bonchev–Trinajstić information content (AvgIpc) is 3.06. The zero-order chi connectivity index (χ0) is 20.6. The van der Waals surface area contributed by atoms with Crippen molar-refractivity contribution in [2.75, 3.05) is 25.1 Å². The van der Waals surface area contributed by atoms with Gasteiger partial charge >= 0.3 is 0 Å². The van der Waals surface area contributed by atoms with Crippen LogP contribution in [-0.4, -0.2) is 40.3 Å². The zero-order valence-electron chi connectivity index (χ0n) is 18.0. The highest BCUT2D eigenvalue weighted by atomic mass is 32.1. The maximum atomic E-state index is 6.14. The summed E-state index contributed by atoms with van der Waals surface area (Å²) in [6.45, 7) is 13.7. The smallest absolute Gasteiger partial charge is 0.147 e. The van der Waals surface area contributed by atoms with Gasteiger partial charge in [0.25, 0.3) is 0 Å². The highest BCUT2D eigenvalue weighted by molar-refractivity contribution is 7.26. The van der Waals surface area contributed by atoms with Crippen molar-refractivity contribution in [3.8, 4) is 0 Å². The molecule has 0 radical (unpaired) electrons. The summed E-state index contributed by atoms with van der Waals surface area (Å²) < 4.78 is 12.7.